The summed E-state index contributed by atoms with van der Waals surface area (Å²) in [5.74, 6) is 0. The van der Waals surface area contributed by atoms with Crippen LogP contribution < -0.4 is 5.32 Å². The Labute approximate surface area is 121 Å². The monoisotopic (exact) mass is 263 g/mol. The van der Waals surface area contributed by atoms with Crippen molar-refractivity contribution in [2.75, 3.05) is 0 Å². The number of hydrogen-bond acceptors (Lipinski definition) is 1. The molecule has 0 atom stereocenters. The highest BCUT2D eigenvalue weighted by molar-refractivity contribution is 5.66. The molecule has 0 saturated heterocycles. The van der Waals surface area contributed by atoms with Gasteiger partial charge in [0.2, 0.25) is 0 Å². The maximum atomic E-state index is 3.59. The second-order valence-corrected chi connectivity index (χ2v) is 6.19. The molecule has 0 aliphatic heterocycles. The quantitative estimate of drug-likeness (QED) is 0.876. The maximum absolute atomic E-state index is 3.59. The highest BCUT2D eigenvalue weighted by Crippen LogP contribution is 2.28. The summed E-state index contributed by atoms with van der Waals surface area (Å²) in [6.45, 7) is 1.00. The molecular weight excluding hydrogens is 242 g/mol. The normalized spacial score (nSPS) is 17.2. The minimum absolute atomic E-state index is 0.777. The van der Waals surface area contributed by atoms with Gasteiger partial charge in [-0.2, -0.15) is 0 Å². The molecule has 0 heterocycles. The van der Waals surface area contributed by atoms with Crippen molar-refractivity contribution in [3.63, 3.8) is 0 Å². The zero-order valence-electron chi connectivity index (χ0n) is 11.9. The molecule has 1 heteroatoms. The lowest BCUT2D eigenvalue weighted by molar-refractivity contribution is 0.688. The molecule has 102 valence electrons. The van der Waals surface area contributed by atoms with E-state index in [9.17, 15) is 0 Å². The first-order valence-electron chi connectivity index (χ1n) is 7.83. The Morgan fingerprint density at radius 1 is 0.900 bits per heavy atom. The predicted molar refractivity (Wildman–Crippen MR) is 83.8 cm³/mol. The zero-order chi connectivity index (χ0) is 13.4. The minimum atomic E-state index is 0.777. The van der Waals surface area contributed by atoms with Gasteiger partial charge in [-0.25, -0.2) is 0 Å². The first-order valence-corrected chi connectivity index (χ1v) is 7.83. The van der Waals surface area contributed by atoms with E-state index in [4.69, 9.17) is 0 Å². The molecule has 0 amide bonds. The zero-order valence-corrected chi connectivity index (χ0v) is 11.9. The topological polar surface area (TPSA) is 12.0 Å². The van der Waals surface area contributed by atoms with Crippen LogP contribution in [0.3, 0.4) is 0 Å². The lowest BCUT2D eigenvalue weighted by Crippen LogP contribution is -2.15. The number of aryl methyl sites for hydroxylation is 2. The molecule has 0 bridgehead atoms. The SMILES string of the molecule is c1cc(CNC2CC2)cc(-c2ccc3c(c2)CCC3)c1. The van der Waals surface area contributed by atoms with E-state index in [1.807, 2.05) is 0 Å². The average Bonchev–Trinajstić information content (AvgIpc) is 3.20. The van der Waals surface area contributed by atoms with E-state index in [1.54, 1.807) is 11.1 Å². The van der Waals surface area contributed by atoms with Crippen LogP contribution in [0.15, 0.2) is 42.5 Å². The molecule has 1 fully saturated rings. The van der Waals surface area contributed by atoms with Crippen LogP contribution in [0, 0.1) is 0 Å². The van der Waals surface area contributed by atoms with Crippen molar-refractivity contribution in [3.05, 3.63) is 59.2 Å². The fourth-order valence-corrected chi connectivity index (χ4v) is 3.16. The lowest BCUT2D eigenvalue weighted by Gasteiger charge is -2.08. The molecule has 1 saturated carbocycles. The van der Waals surface area contributed by atoms with Crippen LogP contribution in [0.1, 0.15) is 36.0 Å². The summed E-state index contributed by atoms with van der Waals surface area (Å²) in [5, 5.41) is 3.59. The van der Waals surface area contributed by atoms with Crippen molar-refractivity contribution < 1.29 is 0 Å². The molecule has 0 radical (unpaired) electrons. The standard InChI is InChI=1S/C19H21N/c1-3-14(13-20-19-9-10-19)11-16(5-1)18-8-7-15-4-2-6-17(15)12-18/h1,3,5,7-8,11-12,19-20H,2,4,6,9-10,13H2. The van der Waals surface area contributed by atoms with Gasteiger partial charge in [0.05, 0.1) is 0 Å². The van der Waals surface area contributed by atoms with Crippen LogP contribution in [-0.4, -0.2) is 6.04 Å². The molecular formula is C19H21N. The lowest BCUT2D eigenvalue weighted by atomic mass is 9.99. The highest BCUT2D eigenvalue weighted by Gasteiger charge is 2.19. The summed E-state index contributed by atoms with van der Waals surface area (Å²) < 4.78 is 0. The van der Waals surface area contributed by atoms with Crippen molar-refractivity contribution in [1.82, 2.24) is 5.32 Å². The van der Waals surface area contributed by atoms with E-state index in [0.717, 1.165) is 12.6 Å². The van der Waals surface area contributed by atoms with Gasteiger partial charge in [-0.15, -0.1) is 0 Å². The van der Waals surface area contributed by atoms with Crippen LogP contribution in [0.5, 0.6) is 0 Å². The molecule has 2 aliphatic carbocycles. The fraction of sp³-hybridized carbons (Fsp3) is 0.368. The van der Waals surface area contributed by atoms with Gasteiger partial charge in [0.25, 0.3) is 0 Å². The van der Waals surface area contributed by atoms with Gasteiger partial charge in [-0.3, -0.25) is 0 Å². The third kappa shape index (κ3) is 2.51. The second kappa shape index (κ2) is 5.06. The Hall–Kier alpha value is -1.60. The molecule has 4 rings (SSSR count). The van der Waals surface area contributed by atoms with E-state index >= 15 is 0 Å². The number of nitrogens with one attached hydrogen (secondary N) is 1. The van der Waals surface area contributed by atoms with Crippen molar-refractivity contribution in [1.29, 1.82) is 0 Å². The van der Waals surface area contributed by atoms with Crippen molar-refractivity contribution in [3.8, 4) is 11.1 Å². The summed E-state index contributed by atoms with van der Waals surface area (Å²) in [6, 6.07) is 16.8. The summed E-state index contributed by atoms with van der Waals surface area (Å²) in [5.41, 5.74) is 7.24. The van der Waals surface area contributed by atoms with Gasteiger partial charge >= 0.3 is 0 Å². The smallest absolute Gasteiger partial charge is 0.0208 e. The van der Waals surface area contributed by atoms with Crippen LogP contribution in [0.25, 0.3) is 11.1 Å². The predicted octanol–water partition coefficient (Wildman–Crippen LogP) is 4.09. The molecule has 2 aromatic rings. The van der Waals surface area contributed by atoms with E-state index in [2.05, 4.69) is 47.8 Å². The van der Waals surface area contributed by atoms with Gasteiger partial charge in [0.1, 0.15) is 0 Å². The van der Waals surface area contributed by atoms with Gasteiger partial charge in [-0.1, -0.05) is 36.4 Å². The number of rotatable bonds is 4. The number of fused-ring (bicyclic) bond motifs is 1. The van der Waals surface area contributed by atoms with Gasteiger partial charge in [0, 0.05) is 12.6 Å². The molecule has 0 spiro atoms. The third-order valence-electron chi connectivity index (χ3n) is 4.53. The van der Waals surface area contributed by atoms with Crippen LogP contribution >= 0.6 is 0 Å². The fourth-order valence-electron chi connectivity index (χ4n) is 3.16. The maximum Gasteiger partial charge on any atom is 0.0208 e. The average molecular weight is 263 g/mol. The Kier molecular flexibility index (Phi) is 3.08. The Balaban J connectivity index is 1.58. The second-order valence-electron chi connectivity index (χ2n) is 6.19. The highest BCUT2D eigenvalue weighted by atomic mass is 14.9. The van der Waals surface area contributed by atoms with Crippen molar-refractivity contribution in [2.24, 2.45) is 0 Å². The summed E-state index contributed by atoms with van der Waals surface area (Å²) in [7, 11) is 0. The molecule has 2 aliphatic rings. The molecule has 1 N–H and O–H groups in total. The van der Waals surface area contributed by atoms with E-state index in [1.165, 1.54) is 48.8 Å². The summed E-state index contributed by atoms with van der Waals surface area (Å²) >= 11 is 0. The molecule has 20 heavy (non-hydrogen) atoms. The van der Waals surface area contributed by atoms with Crippen molar-refractivity contribution in [2.45, 2.75) is 44.7 Å². The van der Waals surface area contributed by atoms with E-state index < -0.39 is 0 Å². The summed E-state index contributed by atoms with van der Waals surface area (Å²) in [4.78, 5) is 0. The Bertz CT molecular complexity index is 625. The van der Waals surface area contributed by atoms with Gasteiger partial charge in [0.15, 0.2) is 0 Å². The van der Waals surface area contributed by atoms with Gasteiger partial charge in [-0.05, 0) is 66.0 Å². The number of hydrogen-bond donors (Lipinski definition) is 1. The molecule has 0 unspecified atom stereocenters. The third-order valence-corrected chi connectivity index (χ3v) is 4.53. The van der Waals surface area contributed by atoms with Crippen LogP contribution in [0.4, 0.5) is 0 Å². The Morgan fingerprint density at radius 3 is 2.65 bits per heavy atom. The molecule has 0 aromatic heterocycles. The largest absolute Gasteiger partial charge is 0.310 e. The van der Waals surface area contributed by atoms with Crippen molar-refractivity contribution >= 4 is 0 Å². The first-order chi connectivity index (χ1) is 9.88. The van der Waals surface area contributed by atoms with Crippen LogP contribution in [0.2, 0.25) is 0 Å². The Morgan fingerprint density at radius 2 is 1.75 bits per heavy atom. The molecule has 1 nitrogen and oxygen atoms in total. The van der Waals surface area contributed by atoms with Crippen LogP contribution in [-0.2, 0) is 19.4 Å². The van der Waals surface area contributed by atoms with E-state index in [-0.39, 0.29) is 0 Å². The number of benzene rings is 2. The minimum Gasteiger partial charge on any atom is -0.310 e. The van der Waals surface area contributed by atoms with E-state index in [0.29, 0.717) is 0 Å². The molecule has 2 aromatic carbocycles. The van der Waals surface area contributed by atoms with Gasteiger partial charge < -0.3 is 5.32 Å². The summed E-state index contributed by atoms with van der Waals surface area (Å²) in [6.07, 6.45) is 6.55. The first kappa shape index (κ1) is 12.2.